The number of benzene rings is 2. The predicted octanol–water partition coefficient (Wildman–Crippen LogP) is 5.91. The van der Waals surface area contributed by atoms with E-state index in [1.165, 1.54) is 12.1 Å². The number of amides is 1. The Morgan fingerprint density at radius 2 is 1.88 bits per heavy atom. The van der Waals surface area contributed by atoms with Crippen molar-refractivity contribution in [2.75, 3.05) is 18.5 Å². The lowest BCUT2D eigenvalue weighted by molar-refractivity contribution is -0.124. The molecule has 1 amide bonds. The van der Waals surface area contributed by atoms with Crippen molar-refractivity contribution in [3.05, 3.63) is 71.9 Å². The fourth-order valence-corrected chi connectivity index (χ4v) is 5.09. The maximum atomic E-state index is 14.6. The number of carbonyl (C=O) groups is 1. The molecule has 2 aliphatic rings. The molecule has 0 spiro atoms. The van der Waals surface area contributed by atoms with E-state index in [4.69, 9.17) is 19.2 Å². The summed E-state index contributed by atoms with van der Waals surface area (Å²) in [7, 11) is 0. The molecule has 1 atom stereocenters. The van der Waals surface area contributed by atoms with Crippen molar-refractivity contribution in [1.29, 1.82) is 0 Å². The highest BCUT2D eigenvalue weighted by atomic mass is 19.1. The summed E-state index contributed by atoms with van der Waals surface area (Å²) in [5.74, 6) is 0.0406. The van der Waals surface area contributed by atoms with Crippen molar-refractivity contribution in [2.24, 2.45) is 0 Å². The molecule has 2 aromatic carbocycles. The molecule has 2 aromatic heterocycles. The van der Waals surface area contributed by atoms with Crippen molar-refractivity contribution in [2.45, 2.75) is 65.0 Å². The number of aromatic nitrogens is 4. The molecule has 2 N–H and O–H groups in total. The maximum Gasteiger partial charge on any atom is 0.258 e. The topological polar surface area (TPSA) is 112 Å². The molecule has 0 aliphatic carbocycles. The van der Waals surface area contributed by atoms with Crippen LogP contribution >= 0.6 is 0 Å². The van der Waals surface area contributed by atoms with Crippen LogP contribution in [0.2, 0.25) is 0 Å². The van der Waals surface area contributed by atoms with E-state index < -0.39 is 11.4 Å². The Morgan fingerprint density at radius 3 is 2.65 bits per heavy atom. The predicted molar refractivity (Wildman–Crippen MR) is 159 cm³/mol. The molecule has 1 fully saturated rings. The fraction of sp³-hybridized carbons (Fsp3) is 0.375. The second-order valence-corrected chi connectivity index (χ2v) is 11.8. The molecule has 1 saturated heterocycles. The van der Waals surface area contributed by atoms with Crippen LogP contribution in [0.4, 0.5) is 15.9 Å². The monoisotopic (exact) mass is 586 g/mol. The number of fused-ring (bicyclic) bond motifs is 1. The van der Waals surface area contributed by atoms with Crippen LogP contribution in [0.25, 0.3) is 22.5 Å². The Bertz CT molecular complexity index is 1610. The second-order valence-electron chi connectivity index (χ2n) is 11.8. The van der Waals surface area contributed by atoms with Gasteiger partial charge in [0.25, 0.3) is 5.91 Å². The molecule has 6 rings (SSSR count). The Balaban J connectivity index is 1.19. The smallest absolute Gasteiger partial charge is 0.258 e. The number of nitrogens with zero attached hydrogens (tertiary/aromatic N) is 4. The summed E-state index contributed by atoms with van der Waals surface area (Å²) in [5, 5.41) is 10.7. The van der Waals surface area contributed by atoms with E-state index in [0.29, 0.717) is 30.4 Å². The Labute approximate surface area is 249 Å². The first kappa shape index (κ1) is 28.8. The van der Waals surface area contributed by atoms with Gasteiger partial charge in [0.15, 0.2) is 24.0 Å². The summed E-state index contributed by atoms with van der Waals surface area (Å²) in [6.45, 7) is 6.79. The summed E-state index contributed by atoms with van der Waals surface area (Å²) in [6, 6.07) is 12.4. The first-order valence-electron chi connectivity index (χ1n) is 14.5. The minimum Gasteiger partial charge on any atom is -0.481 e. The Kier molecular flexibility index (Phi) is 8.09. The number of hydrogen-bond acceptors (Lipinski definition) is 8. The molecule has 4 aromatic rings. The standard InChI is InChI=1S/C32H35FN6O4/c1-32(2,3)38-28(40)19-43-27-14-21(9-12-25(27)33)30-36-26-18-41-17-24(26)31(37-30)35-23-10-7-20(8-11-23)22-15-34-39(16-22)29-6-4-5-13-42-29/h7-12,14-16,29H,4-6,13,17-19H2,1-3H3,(H,38,40)(H,35,36,37). The molecule has 4 heterocycles. The largest absolute Gasteiger partial charge is 0.481 e. The van der Waals surface area contributed by atoms with Crippen molar-refractivity contribution < 1.29 is 23.4 Å². The summed E-state index contributed by atoms with van der Waals surface area (Å²) < 4.78 is 33.5. The summed E-state index contributed by atoms with van der Waals surface area (Å²) in [6.07, 6.45) is 7.10. The average Bonchev–Trinajstić information content (AvgIpc) is 3.67. The van der Waals surface area contributed by atoms with E-state index >= 15 is 0 Å². The van der Waals surface area contributed by atoms with E-state index in [0.717, 1.165) is 53.9 Å². The molecule has 0 saturated carbocycles. The van der Waals surface area contributed by atoms with Gasteiger partial charge in [0.05, 0.1) is 25.1 Å². The lowest BCUT2D eigenvalue weighted by atomic mass is 10.1. The number of rotatable bonds is 8. The molecule has 2 aliphatic heterocycles. The molecular formula is C32H35FN6O4. The lowest BCUT2D eigenvalue weighted by Crippen LogP contribution is -2.43. The van der Waals surface area contributed by atoms with Crippen molar-refractivity contribution >= 4 is 17.4 Å². The number of carbonyl (C=O) groups excluding carboxylic acids is 1. The summed E-state index contributed by atoms with van der Waals surface area (Å²) >= 11 is 0. The minimum absolute atomic E-state index is 0.00330. The molecule has 10 nitrogen and oxygen atoms in total. The quantitative estimate of drug-likeness (QED) is 0.262. The van der Waals surface area contributed by atoms with E-state index in [1.807, 2.05) is 62.1 Å². The molecule has 0 radical (unpaired) electrons. The van der Waals surface area contributed by atoms with Crippen LogP contribution < -0.4 is 15.4 Å². The number of anilines is 2. The highest BCUT2D eigenvalue weighted by Gasteiger charge is 2.22. The van der Waals surface area contributed by atoms with Gasteiger partial charge in [0.1, 0.15) is 12.0 Å². The molecule has 11 heteroatoms. The van der Waals surface area contributed by atoms with Gasteiger partial charge in [-0.15, -0.1) is 0 Å². The second kappa shape index (κ2) is 12.1. The zero-order chi connectivity index (χ0) is 30.0. The van der Waals surface area contributed by atoms with Gasteiger partial charge >= 0.3 is 0 Å². The summed E-state index contributed by atoms with van der Waals surface area (Å²) in [5.41, 5.74) is 4.68. The third-order valence-corrected chi connectivity index (χ3v) is 7.17. The third kappa shape index (κ3) is 6.84. The van der Waals surface area contributed by atoms with E-state index in [1.54, 1.807) is 6.07 Å². The van der Waals surface area contributed by atoms with Crippen LogP contribution in [-0.4, -0.2) is 44.4 Å². The normalized spacial score (nSPS) is 16.5. The Morgan fingerprint density at radius 1 is 1.07 bits per heavy atom. The SMILES string of the molecule is CC(C)(C)NC(=O)COc1cc(-c2nc3c(c(Nc4ccc(-c5cnn(C6CCCCO6)c5)cc4)n2)COC3)ccc1F. The average molecular weight is 587 g/mol. The third-order valence-electron chi connectivity index (χ3n) is 7.17. The Hall–Kier alpha value is -4.35. The van der Waals surface area contributed by atoms with E-state index in [-0.39, 0.29) is 24.5 Å². The van der Waals surface area contributed by atoms with Crippen LogP contribution in [0.1, 0.15) is 57.5 Å². The van der Waals surface area contributed by atoms with Gasteiger partial charge in [-0.1, -0.05) is 12.1 Å². The van der Waals surface area contributed by atoms with Crippen LogP contribution in [0.15, 0.2) is 54.9 Å². The highest BCUT2D eigenvalue weighted by Crippen LogP contribution is 2.33. The zero-order valence-electron chi connectivity index (χ0n) is 24.5. The maximum absolute atomic E-state index is 14.6. The summed E-state index contributed by atoms with van der Waals surface area (Å²) in [4.78, 5) is 21.7. The van der Waals surface area contributed by atoms with E-state index in [9.17, 15) is 9.18 Å². The van der Waals surface area contributed by atoms with Gasteiger partial charge in [-0.2, -0.15) is 5.10 Å². The van der Waals surface area contributed by atoms with Gasteiger partial charge in [-0.25, -0.2) is 19.0 Å². The van der Waals surface area contributed by atoms with Crippen LogP contribution in [-0.2, 0) is 27.5 Å². The number of ether oxygens (including phenoxy) is 3. The van der Waals surface area contributed by atoms with Crippen molar-refractivity contribution in [1.82, 2.24) is 25.1 Å². The number of nitrogens with one attached hydrogen (secondary N) is 2. The van der Waals surface area contributed by atoms with Crippen molar-refractivity contribution in [3.8, 4) is 28.3 Å². The molecular weight excluding hydrogens is 551 g/mol. The van der Waals surface area contributed by atoms with Crippen LogP contribution in [0.3, 0.4) is 0 Å². The molecule has 1 unspecified atom stereocenters. The first-order valence-corrected chi connectivity index (χ1v) is 14.5. The van der Waals surface area contributed by atoms with Crippen LogP contribution in [0.5, 0.6) is 5.75 Å². The number of hydrogen-bond donors (Lipinski definition) is 2. The van der Waals surface area contributed by atoms with Gasteiger partial charge < -0.3 is 24.8 Å². The lowest BCUT2D eigenvalue weighted by Gasteiger charge is -2.22. The zero-order valence-corrected chi connectivity index (χ0v) is 24.5. The molecule has 224 valence electrons. The van der Waals surface area contributed by atoms with Gasteiger partial charge in [0, 0.05) is 40.7 Å². The van der Waals surface area contributed by atoms with Crippen molar-refractivity contribution in [3.63, 3.8) is 0 Å². The van der Waals surface area contributed by atoms with Crippen LogP contribution in [0, 0.1) is 5.82 Å². The van der Waals surface area contributed by atoms with Gasteiger partial charge in [-0.3, -0.25) is 4.79 Å². The van der Waals surface area contributed by atoms with Gasteiger partial charge in [0.2, 0.25) is 0 Å². The minimum atomic E-state index is -0.577. The molecule has 0 bridgehead atoms. The fourth-order valence-electron chi connectivity index (χ4n) is 5.09. The molecule has 43 heavy (non-hydrogen) atoms. The number of halogens is 1. The highest BCUT2D eigenvalue weighted by molar-refractivity contribution is 5.78. The first-order chi connectivity index (χ1) is 20.7. The van der Waals surface area contributed by atoms with Gasteiger partial charge in [-0.05, 0) is 75.9 Å². The van der Waals surface area contributed by atoms with E-state index in [2.05, 4.69) is 20.7 Å².